The van der Waals surface area contributed by atoms with E-state index in [4.69, 9.17) is 13.9 Å². The van der Waals surface area contributed by atoms with Gasteiger partial charge in [0.2, 0.25) is 5.91 Å². The molecule has 0 radical (unpaired) electrons. The van der Waals surface area contributed by atoms with E-state index in [1.807, 2.05) is 25.1 Å². The van der Waals surface area contributed by atoms with E-state index < -0.39 is 0 Å². The van der Waals surface area contributed by atoms with Crippen molar-refractivity contribution in [2.75, 3.05) is 28.3 Å². The van der Waals surface area contributed by atoms with Gasteiger partial charge in [-0.05, 0) is 94.6 Å². The Labute approximate surface area is 225 Å². The SMILES string of the molecule is COc1cc(C=C2C(C)=C(CC(=O)NCc3ccco3)c3cc(F)ccc32)cc(OC)c1SC(=O)N(C)C. The van der Waals surface area contributed by atoms with Crippen LogP contribution >= 0.6 is 11.8 Å². The molecule has 9 heteroatoms. The highest BCUT2D eigenvalue weighted by Gasteiger charge is 2.26. The molecule has 7 nitrogen and oxygen atoms in total. The number of furan rings is 1. The lowest BCUT2D eigenvalue weighted by molar-refractivity contribution is -0.120. The van der Waals surface area contributed by atoms with Gasteiger partial charge in [0.15, 0.2) is 0 Å². The molecule has 1 aliphatic carbocycles. The second-order valence-corrected chi connectivity index (χ2v) is 9.86. The average Bonchev–Trinajstić information content (AvgIpc) is 3.50. The zero-order valence-corrected chi connectivity index (χ0v) is 22.7. The lowest BCUT2D eigenvalue weighted by Gasteiger charge is -2.16. The maximum atomic E-state index is 14.3. The number of fused-ring (bicyclic) bond motifs is 1. The van der Waals surface area contributed by atoms with Gasteiger partial charge in [0, 0.05) is 14.1 Å². The molecule has 0 fully saturated rings. The molecule has 1 heterocycles. The molecule has 0 saturated carbocycles. The van der Waals surface area contributed by atoms with Crippen LogP contribution in [0.5, 0.6) is 11.5 Å². The van der Waals surface area contributed by atoms with Gasteiger partial charge in [-0.25, -0.2) is 4.39 Å². The van der Waals surface area contributed by atoms with Crippen molar-refractivity contribution in [2.24, 2.45) is 0 Å². The molecule has 0 aliphatic heterocycles. The normalized spacial score (nSPS) is 13.5. The Bertz CT molecular complexity index is 1400. The Balaban J connectivity index is 1.70. The summed E-state index contributed by atoms with van der Waals surface area (Å²) >= 11 is 1.02. The molecular formula is C29H29FN2O5S. The number of methoxy groups -OCH3 is 2. The lowest BCUT2D eigenvalue weighted by atomic mass is 10.0. The van der Waals surface area contributed by atoms with Crippen LogP contribution < -0.4 is 14.8 Å². The van der Waals surface area contributed by atoms with E-state index in [0.29, 0.717) is 27.7 Å². The number of halogens is 1. The Morgan fingerprint density at radius 1 is 1.08 bits per heavy atom. The first-order valence-electron chi connectivity index (χ1n) is 11.9. The van der Waals surface area contributed by atoms with Crippen molar-refractivity contribution in [3.63, 3.8) is 0 Å². The summed E-state index contributed by atoms with van der Waals surface area (Å²) in [5, 5.41) is 2.70. The first-order valence-corrected chi connectivity index (χ1v) is 12.7. The first kappa shape index (κ1) is 27.1. The highest BCUT2D eigenvalue weighted by atomic mass is 32.2. The third kappa shape index (κ3) is 5.78. The molecule has 1 N–H and O–H groups in total. The number of hydrogen-bond donors (Lipinski definition) is 1. The minimum absolute atomic E-state index is 0.0925. The monoisotopic (exact) mass is 536 g/mol. The highest BCUT2D eigenvalue weighted by Crippen LogP contribution is 2.45. The molecular weight excluding hydrogens is 507 g/mol. The second kappa shape index (κ2) is 11.6. The summed E-state index contributed by atoms with van der Waals surface area (Å²) in [6, 6.07) is 11.8. The number of thioether (sulfide) groups is 1. The van der Waals surface area contributed by atoms with Gasteiger partial charge in [-0.1, -0.05) is 6.07 Å². The highest BCUT2D eigenvalue weighted by molar-refractivity contribution is 8.13. The first-order chi connectivity index (χ1) is 18.2. The van der Waals surface area contributed by atoms with Gasteiger partial charge in [0.05, 0.1) is 33.4 Å². The molecule has 0 atom stereocenters. The Kier molecular flexibility index (Phi) is 8.26. The third-order valence-electron chi connectivity index (χ3n) is 6.18. The number of amides is 2. The van der Waals surface area contributed by atoms with E-state index in [2.05, 4.69) is 5.32 Å². The van der Waals surface area contributed by atoms with Crippen molar-refractivity contribution < 1.29 is 27.9 Å². The predicted molar refractivity (Wildman–Crippen MR) is 147 cm³/mol. The molecule has 1 aliphatic rings. The zero-order valence-electron chi connectivity index (χ0n) is 21.9. The van der Waals surface area contributed by atoms with Crippen LogP contribution in [0.3, 0.4) is 0 Å². The van der Waals surface area contributed by atoms with Gasteiger partial charge in [-0.2, -0.15) is 0 Å². The number of nitrogens with zero attached hydrogens (tertiary/aromatic N) is 1. The second-order valence-electron chi connectivity index (χ2n) is 8.90. The summed E-state index contributed by atoms with van der Waals surface area (Å²) in [5.74, 6) is 1.07. The summed E-state index contributed by atoms with van der Waals surface area (Å²) < 4.78 is 30.7. The van der Waals surface area contributed by atoms with Crippen molar-refractivity contribution in [1.82, 2.24) is 10.2 Å². The van der Waals surface area contributed by atoms with Gasteiger partial charge in [0.25, 0.3) is 5.24 Å². The van der Waals surface area contributed by atoms with E-state index in [-0.39, 0.29) is 29.9 Å². The largest absolute Gasteiger partial charge is 0.495 e. The van der Waals surface area contributed by atoms with E-state index in [1.165, 1.54) is 31.3 Å². The van der Waals surface area contributed by atoms with Crippen molar-refractivity contribution in [1.29, 1.82) is 0 Å². The molecule has 1 aromatic heterocycles. The molecule has 4 rings (SSSR count). The van der Waals surface area contributed by atoms with Gasteiger partial charge < -0.3 is 24.1 Å². The summed E-state index contributed by atoms with van der Waals surface area (Å²) in [6.45, 7) is 2.20. The summed E-state index contributed by atoms with van der Waals surface area (Å²) in [6.07, 6.45) is 3.60. The molecule has 0 spiro atoms. The zero-order chi connectivity index (χ0) is 27.4. The average molecular weight is 537 g/mol. The van der Waals surface area contributed by atoms with Gasteiger partial charge in [-0.3, -0.25) is 9.59 Å². The van der Waals surface area contributed by atoms with Crippen LogP contribution in [0.25, 0.3) is 17.2 Å². The molecule has 3 aromatic rings. The smallest absolute Gasteiger partial charge is 0.286 e. The Morgan fingerprint density at radius 3 is 2.39 bits per heavy atom. The minimum Gasteiger partial charge on any atom is -0.495 e. The van der Waals surface area contributed by atoms with Gasteiger partial charge >= 0.3 is 0 Å². The molecule has 2 aromatic carbocycles. The fourth-order valence-corrected chi connectivity index (χ4v) is 5.08. The Morgan fingerprint density at radius 2 is 1.79 bits per heavy atom. The molecule has 0 saturated heterocycles. The number of carbonyl (C=O) groups is 2. The van der Waals surface area contributed by atoms with Crippen molar-refractivity contribution >= 4 is 40.1 Å². The number of ether oxygens (including phenoxy) is 2. The van der Waals surface area contributed by atoms with Crippen LogP contribution in [0.4, 0.5) is 9.18 Å². The maximum absolute atomic E-state index is 14.3. The van der Waals surface area contributed by atoms with Crippen LogP contribution in [0, 0.1) is 5.82 Å². The lowest BCUT2D eigenvalue weighted by Crippen LogP contribution is -2.22. The summed E-state index contributed by atoms with van der Waals surface area (Å²) in [5.41, 5.74) is 4.78. The number of allylic oxidation sites excluding steroid dienone is 2. The number of nitrogens with one attached hydrogen (secondary N) is 1. The fourth-order valence-electron chi connectivity index (χ4n) is 4.23. The fraction of sp³-hybridized carbons (Fsp3) is 0.241. The van der Waals surface area contributed by atoms with Crippen LogP contribution in [0.1, 0.15) is 35.8 Å². The van der Waals surface area contributed by atoms with E-state index in [0.717, 1.165) is 39.6 Å². The summed E-state index contributed by atoms with van der Waals surface area (Å²) in [7, 11) is 6.43. The molecule has 198 valence electrons. The van der Waals surface area contributed by atoms with Gasteiger partial charge in [0.1, 0.15) is 28.0 Å². The molecule has 2 amide bonds. The minimum atomic E-state index is -0.374. The maximum Gasteiger partial charge on any atom is 0.286 e. The van der Waals surface area contributed by atoms with Crippen LogP contribution in [-0.2, 0) is 11.3 Å². The van der Waals surface area contributed by atoms with Crippen LogP contribution in [-0.4, -0.2) is 44.4 Å². The number of rotatable bonds is 8. The van der Waals surface area contributed by atoms with E-state index >= 15 is 0 Å². The van der Waals surface area contributed by atoms with Crippen LogP contribution in [0.2, 0.25) is 0 Å². The van der Waals surface area contributed by atoms with E-state index in [1.54, 1.807) is 38.6 Å². The quantitative estimate of drug-likeness (QED) is 0.343. The standard InChI is InChI=1S/C29H29FN2O5S/c1-17-22(11-18-12-25(35-4)28(26(13-18)36-5)38-29(34)32(2)3)21-9-8-19(30)14-24(21)23(17)15-27(33)31-16-20-7-6-10-37-20/h6-14H,15-16H2,1-5H3,(H,31,33). The Hall–Kier alpha value is -3.98. The van der Waals surface area contributed by atoms with Crippen molar-refractivity contribution in [3.05, 3.63) is 82.6 Å². The number of benzene rings is 2. The topological polar surface area (TPSA) is 81.0 Å². The van der Waals surface area contributed by atoms with Gasteiger partial charge in [-0.15, -0.1) is 0 Å². The number of hydrogen-bond acceptors (Lipinski definition) is 6. The van der Waals surface area contributed by atoms with E-state index in [9.17, 15) is 14.0 Å². The third-order valence-corrected chi connectivity index (χ3v) is 7.33. The summed E-state index contributed by atoms with van der Waals surface area (Å²) in [4.78, 5) is 27.2. The van der Waals surface area contributed by atoms with Crippen LogP contribution in [0.15, 0.2) is 63.6 Å². The van der Waals surface area contributed by atoms with Crippen molar-refractivity contribution in [2.45, 2.75) is 24.8 Å². The predicted octanol–water partition coefficient (Wildman–Crippen LogP) is 6.24. The molecule has 0 bridgehead atoms. The van der Waals surface area contributed by atoms with Crippen molar-refractivity contribution in [3.8, 4) is 11.5 Å². The number of carbonyl (C=O) groups excluding carboxylic acids is 2. The molecule has 38 heavy (non-hydrogen) atoms. The molecule has 0 unspecified atom stereocenters.